The van der Waals surface area contributed by atoms with E-state index in [1.54, 1.807) is 0 Å². The summed E-state index contributed by atoms with van der Waals surface area (Å²) in [6.45, 7) is 12.5. The van der Waals surface area contributed by atoms with Gasteiger partial charge in [-0.15, -0.1) is 0 Å². The van der Waals surface area contributed by atoms with E-state index in [0.717, 1.165) is 63.9 Å². The number of nitrogens with zero attached hydrogens (tertiary/aromatic N) is 2. The van der Waals surface area contributed by atoms with Gasteiger partial charge in [-0.2, -0.15) is 0 Å². The molecular formula is C30H35ClN2O2. The Morgan fingerprint density at radius 2 is 1.66 bits per heavy atom. The van der Waals surface area contributed by atoms with Gasteiger partial charge >= 0.3 is 0 Å². The SMILES string of the molecule is Cc1ccc(C(C)C)c(OCc2nc3ccccc3n2CCCCOc2cc(C)c(Cl)c(C)c2)c1. The lowest BCUT2D eigenvalue weighted by Crippen LogP contribution is -2.09. The summed E-state index contributed by atoms with van der Waals surface area (Å²) >= 11 is 6.27. The van der Waals surface area contributed by atoms with Crippen molar-refractivity contribution in [3.05, 3.63) is 87.7 Å². The minimum absolute atomic E-state index is 0.401. The van der Waals surface area contributed by atoms with Crippen molar-refractivity contribution in [1.29, 1.82) is 0 Å². The third-order valence-corrected chi connectivity index (χ3v) is 6.93. The maximum atomic E-state index is 6.33. The highest BCUT2D eigenvalue weighted by molar-refractivity contribution is 6.32. The lowest BCUT2D eigenvalue weighted by molar-refractivity contribution is 0.282. The topological polar surface area (TPSA) is 36.3 Å². The van der Waals surface area contributed by atoms with Gasteiger partial charge in [-0.05, 0) is 92.1 Å². The summed E-state index contributed by atoms with van der Waals surface area (Å²) in [7, 11) is 0. The number of rotatable bonds is 10. The minimum Gasteiger partial charge on any atom is -0.494 e. The second-order valence-corrected chi connectivity index (χ2v) is 9.96. The Kier molecular flexibility index (Phi) is 8.02. The molecule has 1 heterocycles. The Morgan fingerprint density at radius 3 is 2.40 bits per heavy atom. The van der Waals surface area contributed by atoms with Crippen molar-refractivity contribution >= 4 is 22.6 Å². The number of aryl methyl sites for hydroxylation is 4. The summed E-state index contributed by atoms with van der Waals surface area (Å²) in [5, 5.41) is 0.810. The van der Waals surface area contributed by atoms with Crippen molar-refractivity contribution in [3.8, 4) is 11.5 Å². The fraction of sp³-hybridized carbons (Fsp3) is 0.367. The van der Waals surface area contributed by atoms with Gasteiger partial charge in [-0.3, -0.25) is 0 Å². The van der Waals surface area contributed by atoms with Gasteiger partial charge in [0.25, 0.3) is 0 Å². The first kappa shape index (κ1) is 25.1. The van der Waals surface area contributed by atoms with Crippen molar-refractivity contribution < 1.29 is 9.47 Å². The standard InChI is InChI=1S/C30H35ClN2O2/c1-20(2)25-13-12-21(3)16-28(25)35-19-29-32-26-10-6-7-11-27(26)33(29)14-8-9-15-34-24-17-22(4)30(31)23(5)18-24/h6-7,10-13,16-18,20H,8-9,14-15,19H2,1-5H3. The number of ether oxygens (including phenoxy) is 2. The van der Waals surface area contributed by atoms with Crippen molar-refractivity contribution in [2.45, 2.75) is 66.5 Å². The molecule has 0 aliphatic heterocycles. The fourth-order valence-electron chi connectivity index (χ4n) is 4.42. The van der Waals surface area contributed by atoms with E-state index in [1.807, 2.05) is 32.0 Å². The Morgan fingerprint density at radius 1 is 0.914 bits per heavy atom. The Bertz CT molecular complexity index is 1290. The van der Waals surface area contributed by atoms with Crippen LogP contribution in [0, 0.1) is 20.8 Å². The average molecular weight is 491 g/mol. The fourth-order valence-corrected chi connectivity index (χ4v) is 4.53. The number of para-hydroxylation sites is 2. The van der Waals surface area contributed by atoms with Gasteiger partial charge in [0.05, 0.1) is 17.6 Å². The molecule has 0 unspecified atom stereocenters. The zero-order valence-electron chi connectivity index (χ0n) is 21.4. The summed E-state index contributed by atoms with van der Waals surface area (Å²) in [6.07, 6.45) is 1.93. The maximum absolute atomic E-state index is 6.33. The largest absolute Gasteiger partial charge is 0.494 e. The van der Waals surface area contributed by atoms with Gasteiger partial charge in [0.15, 0.2) is 0 Å². The summed E-state index contributed by atoms with van der Waals surface area (Å²) in [4.78, 5) is 4.89. The van der Waals surface area contributed by atoms with Crippen molar-refractivity contribution in [1.82, 2.24) is 9.55 Å². The quantitative estimate of drug-likeness (QED) is 0.210. The summed E-state index contributed by atoms with van der Waals surface area (Å²) in [5.41, 5.74) is 6.66. The van der Waals surface area contributed by atoms with Crippen molar-refractivity contribution in [2.75, 3.05) is 6.61 Å². The second-order valence-electron chi connectivity index (χ2n) is 9.58. The van der Waals surface area contributed by atoms with Crippen LogP contribution >= 0.6 is 11.6 Å². The van der Waals surface area contributed by atoms with E-state index in [1.165, 1.54) is 11.1 Å². The number of unbranched alkanes of at least 4 members (excludes halogenated alkanes) is 1. The van der Waals surface area contributed by atoms with E-state index in [-0.39, 0.29) is 0 Å². The molecule has 35 heavy (non-hydrogen) atoms. The molecule has 0 saturated heterocycles. The number of hydrogen-bond acceptors (Lipinski definition) is 3. The van der Waals surface area contributed by atoms with E-state index in [4.69, 9.17) is 26.1 Å². The molecule has 184 valence electrons. The molecule has 0 N–H and O–H groups in total. The van der Waals surface area contributed by atoms with E-state index in [9.17, 15) is 0 Å². The highest BCUT2D eigenvalue weighted by Crippen LogP contribution is 2.29. The minimum atomic E-state index is 0.401. The van der Waals surface area contributed by atoms with Gasteiger partial charge in [0, 0.05) is 11.6 Å². The summed E-state index contributed by atoms with van der Waals surface area (Å²) in [5.74, 6) is 3.18. The third-order valence-electron chi connectivity index (χ3n) is 6.34. The maximum Gasteiger partial charge on any atom is 0.147 e. The van der Waals surface area contributed by atoms with Crippen LogP contribution < -0.4 is 9.47 Å². The summed E-state index contributed by atoms with van der Waals surface area (Å²) in [6, 6.07) is 18.7. The number of benzene rings is 3. The number of fused-ring (bicyclic) bond motifs is 1. The monoisotopic (exact) mass is 490 g/mol. The van der Waals surface area contributed by atoms with Crippen molar-refractivity contribution in [3.63, 3.8) is 0 Å². The van der Waals surface area contributed by atoms with Crippen LogP contribution in [0.5, 0.6) is 11.5 Å². The molecule has 0 amide bonds. The molecular weight excluding hydrogens is 456 g/mol. The van der Waals surface area contributed by atoms with Gasteiger partial charge < -0.3 is 14.0 Å². The first-order chi connectivity index (χ1) is 16.8. The lowest BCUT2D eigenvalue weighted by Gasteiger charge is -2.16. The Labute approximate surface area is 213 Å². The molecule has 5 heteroatoms. The van der Waals surface area contributed by atoms with Crippen LogP contribution in [-0.2, 0) is 13.2 Å². The van der Waals surface area contributed by atoms with Crippen LogP contribution in [0.1, 0.15) is 60.7 Å². The molecule has 0 aliphatic rings. The lowest BCUT2D eigenvalue weighted by atomic mass is 10.0. The first-order valence-electron chi connectivity index (χ1n) is 12.4. The van der Waals surface area contributed by atoms with Crippen LogP contribution in [0.4, 0.5) is 0 Å². The number of hydrogen-bond donors (Lipinski definition) is 0. The molecule has 3 aromatic carbocycles. The average Bonchev–Trinajstić information content (AvgIpc) is 3.18. The molecule has 0 atom stereocenters. The molecule has 4 aromatic rings. The van der Waals surface area contributed by atoms with Crippen LogP contribution in [-0.4, -0.2) is 16.2 Å². The number of imidazole rings is 1. The molecule has 1 aromatic heterocycles. The molecule has 0 spiro atoms. The zero-order chi connectivity index (χ0) is 24.9. The second kappa shape index (κ2) is 11.2. The van der Waals surface area contributed by atoms with Crippen molar-refractivity contribution in [2.24, 2.45) is 0 Å². The van der Waals surface area contributed by atoms with Gasteiger partial charge in [0.2, 0.25) is 0 Å². The Balaban J connectivity index is 1.42. The van der Waals surface area contributed by atoms with Crippen LogP contribution in [0.25, 0.3) is 11.0 Å². The van der Waals surface area contributed by atoms with Gasteiger partial charge in [-0.25, -0.2) is 4.98 Å². The van der Waals surface area contributed by atoms with Crippen LogP contribution in [0.15, 0.2) is 54.6 Å². The van der Waals surface area contributed by atoms with E-state index < -0.39 is 0 Å². The molecule has 4 nitrogen and oxygen atoms in total. The highest BCUT2D eigenvalue weighted by atomic mass is 35.5. The van der Waals surface area contributed by atoms with E-state index in [2.05, 4.69) is 61.7 Å². The van der Waals surface area contributed by atoms with Gasteiger partial charge in [-0.1, -0.05) is 49.7 Å². The van der Waals surface area contributed by atoms with Gasteiger partial charge in [0.1, 0.15) is 23.9 Å². The van der Waals surface area contributed by atoms with E-state index >= 15 is 0 Å². The molecule has 0 fully saturated rings. The first-order valence-corrected chi connectivity index (χ1v) is 12.8. The predicted octanol–water partition coefficient (Wildman–Crippen LogP) is 8.18. The predicted molar refractivity (Wildman–Crippen MR) is 145 cm³/mol. The van der Waals surface area contributed by atoms with Crippen LogP contribution in [0.2, 0.25) is 5.02 Å². The molecule has 4 rings (SSSR count). The molecule has 0 aliphatic carbocycles. The molecule has 0 saturated carbocycles. The smallest absolute Gasteiger partial charge is 0.147 e. The van der Waals surface area contributed by atoms with E-state index in [0.29, 0.717) is 19.1 Å². The van der Waals surface area contributed by atoms with Crippen LogP contribution in [0.3, 0.4) is 0 Å². The molecule has 0 radical (unpaired) electrons. The highest BCUT2D eigenvalue weighted by Gasteiger charge is 2.14. The number of aromatic nitrogens is 2. The summed E-state index contributed by atoms with van der Waals surface area (Å²) < 4.78 is 14.6. The molecule has 0 bridgehead atoms. The zero-order valence-corrected chi connectivity index (χ0v) is 22.2. The normalized spacial score (nSPS) is 11.4. The Hall–Kier alpha value is -2.98. The third kappa shape index (κ3) is 5.99. The number of halogens is 1.